The maximum atomic E-state index is 3.46. The van der Waals surface area contributed by atoms with E-state index >= 15 is 0 Å². The van der Waals surface area contributed by atoms with E-state index in [9.17, 15) is 0 Å². The van der Waals surface area contributed by atoms with Crippen molar-refractivity contribution in [2.24, 2.45) is 0 Å². The van der Waals surface area contributed by atoms with Crippen molar-refractivity contribution in [3.05, 3.63) is 35.4 Å². The lowest BCUT2D eigenvalue weighted by molar-refractivity contribution is 0.128. The molecule has 1 aromatic carbocycles. The molecule has 21 heavy (non-hydrogen) atoms. The molecule has 1 saturated heterocycles. The molecule has 3 nitrogen and oxygen atoms in total. The summed E-state index contributed by atoms with van der Waals surface area (Å²) in [7, 11) is 4.40. The first kappa shape index (κ1) is 16.5. The molecule has 0 amide bonds. The smallest absolute Gasteiger partial charge is 0.0234 e. The fourth-order valence-electron chi connectivity index (χ4n) is 2.94. The van der Waals surface area contributed by atoms with Gasteiger partial charge >= 0.3 is 0 Å². The predicted octanol–water partition coefficient (Wildman–Crippen LogP) is 2.71. The quantitative estimate of drug-likeness (QED) is 0.869. The zero-order valence-corrected chi connectivity index (χ0v) is 14.1. The molecule has 1 aliphatic heterocycles. The summed E-state index contributed by atoms with van der Waals surface area (Å²) in [6.07, 6.45) is 2.66. The minimum absolute atomic E-state index is 0.543. The first-order valence-corrected chi connectivity index (χ1v) is 8.24. The Morgan fingerprint density at radius 3 is 2.48 bits per heavy atom. The van der Waals surface area contributed by atoms with E-state index in [1.54, 1.807) is 0 Å². The van der Waals surface area contributed by atoms with Gasteiger partial charge in [0.2, 0.25) is 0 Å². The minimum Gasteiger partial charge on any atom is -0.310 e. The van der Waals surface area contributed by atoms with Gasteiger partial charge in [-0.25, -0.2) is 0 Å². The van der Waals surface area contributed by atoms with E-state index < -0.39 is 0 Å². The summed E-state index contributed by atoms with van der Waals surface area (Å²) < 4.78 is 0. The van der Waals surface area contributed by atoms with Gasteiger partial charge in [-0.2, -0.15) is 0 Å². The molecule has 0 spiro atoms. The molecule has 3 heteroatoms. The zero-order valence-electron chi connectivity index (χ0n) is 14.1. The van der Waals surface area contributed by atoms with E-state index in [0.29, 0.717) is 12.1 Å². The Morgan fingerprint density at radius 1 is 1.19 bits per heavy atom. The highest BCUT2D eigenvalue weighted by atomic mass is 15.2. The molecule has 0 aliphatic carbocycles. The van der Waals surface area contributed by atoms with Crippen molar-refractivity contribution >= 4 is 0 Å². The van der Waals surface area contributed by atoms with Crippen molar-refractivity contribution in [2.75, 3.05) is 27.2 Å². The average molecular weight is 289 g/mol. The van der Waals surface area contributed by atoms with Crippen LogP contribution in [0.3, 0.4) is 0 Å². The van der Waals surface area contributed by atoms with Crippen molar-refractivity contribution in [2.45, 2.75) is 51.9 Å². The predicted molar refractivity (Wildman–Crippen MR) is 90.4 cm³/mol. The van der Waals surface area contributed by atoms with E-state index in [0.717, 1.165) is 13.1 Å². The average Bonchev–Trinajstić information content (AvgIpc) is 2.47. The highest BCUT2D eigenvalue weighted by Gasteiger charge is 2.21. The van der Waals surface area contributed by atoms with Crippen LogP contribution in [-0.2, 0) is 13.1 Å². The highest BCUT2D eigenvalue weighted by molar-refractivity contribution is 5.22. The van der Waals surface area contributed by atoms with Gasteiger partial charge in [0.25, 0.3) is 0 Å². The Morgan fingerprint density at radius 2 is 1.86 bits per heavy atom. The van der Waals surface area contributed by atoms with Crippen LogP contribution < -0.4 is 5.32 Å². The summed E-state index contributed by atoms with van der Waals surface area (Å²) in [6, 6.07) is 10.4. The summed E-state index contributed by atoms with van der Waals surface area (Å²) in [6.45, 7) is 8.86. The van der Waals surface area contributed by atoms with Crippen molar-refractivity contribution in [1.29, 1.82) is 0 Å². The molecule has 1 atom stereocenters. The minimum atomic E-state index is 0.543. The summed E-state index contributed by atoms with van der Waals surface area (Å²) >= 11 is 0. The first-order chi connectivity index (χ1) is 10.0. The molecule has 1 aromatic rings. The van der Waals surface area contributed by atoms with Crippen molar-refractivity contribution < 1.29 is 0 Å². The second-order valence-electron chi connectivity index (χ2n) is 6.85. The number of rotatable bonds is 6. The Kier molecular flexibility index (Phi) is 6.22. The lowest BCUT2D eigenvalue weighted by atomic mass is 10.0. The SMILES string of the molecule is CC(C)NCc1ccc(CN2CCCC(N(C)C)C2)cc1. The van der Waals surface area contributed by atoms with Crippen LogP contribution in [0.5, 0.6) is 0 Å². The van der Waals surface area contributed by atoms with Gasteiger partial charge in [0.05, 0.1) is 0 Å². The Balaban J connectivity index is 1.85. The third-order valence-electron chi connectivity index (χ3n) is 4.35. The Bertz CT molecular complexity index is 411. The van der Waals surface area contributed by atoms with Gasteiger partial charge in [0.1, 0.15) is 0 Å². The molecule has 0 bridgehead atoms. The van der Waals surface area contributed by atoms with Gasteiger partial charge in [0, 0.05) is 31.7 Å². The maximum Gasteiger partial charge on any atom is 0.0234 e. The summed E-state index contributed by atoms with van der Waals surface area (Å²) in [5.74, 6) is 0. The number of likely N-dealkylation sites (tertiary alicyclic amines) is 1. The van der Waals surface area contributed by atoms with Crippen LogP contribution in [0, 0.1) is 0 Å². The Hall–Kier alpha value is -0.900. The highest BCUT2D eigenvalue weighted by Crippen LogP contribution is 2.16. The van der Waals surface area contributed by atoms with Crippen LogP contribution in [0.15, 0.2) is 24.3 Å². The molecule has 0 radical (unpaired) electrons. The Labute approximate surface area is 130 Å². The summed E-state index contributed by atoms with van der Waals surface area (Å²) in [4.78, 5) is 4.96. The molecular weight excluding hydrogens is 258 g/mol. The van der Waals surface area contributed by atoms with Gasteiger partial charge < -0.3 is 10.2 Å². The lowest BCUT2D eigenvalue weighted by Gasteiger charge is -2.36. The molecule has 1 unspecified atom stereocenters. The van der Waals surface area contributed by atoms with E-state index in [1.807, 2.05) is 0 Å². The van der Waals surface area contributed by atoms with Gasteiger partial charge in [0.15, 0.2) is 0 Å². The van der Waals surface area contributed by atoms with Crippen molar-refractivity contribution in [1.82, 2.24) is 15.1 Å². The number of piperidine rings is 1. The number of likely N-dealkylation sites (N-methyl/N-ethyl adjacent to an activating group) is 1. The van der Waals surface area contributed by atoms with Gasteiger partial charge in [-0.15, -0.1) is 0 Å². The second kappa shape index (κ2) is 7.92. The molecule has 2 rings (SSSR count). The molecule has 0 saturated carbocycles. The molecule has 1 heterocycles. The summed E-state index contributed by atoms with van der Waals surface area (Å²) in [5.41, 5.74) is 2.81. The topological polar surface area (TPSA) is 18.5 Å². The number of hydrogen-bond acceptors (Lipinski definition) is 3. The fourth-order valence-corrected chi connectivity index (χ4v) is 2.94. The molecular formula is C18H31N3. The van der Waals surface area contributed by atoms with Gasteiger partial charge in [-0.3, -0.25) is 4.90 Å². The molecule has 1 fully saturated rings. The van der Waals surface area contributed by atoms with E-state index in [1.165, 1.54) is 37.1 Å². The summed E-state index contributed by atoms with van der Waals surface area (Å²) in [5, 5.41) is 3.46. The van der Waals surface area contributed by atoms with Crippen LogP contribution >= 0.6 is 0 Å². The van der Waals surface area contributed by atoms with Gasteiger partial charge in [-0.05, 0) is 44.6 Å². The monoisotopic (exact) mass is 289 g/mol. The van der Waals surface area contributed by atoms with E-state index in [4.69, 9.17) is 0 Å². The standard InChI is InChI=1S/C18H31N3/c1-15(2)19-12-16-7-9-17(10-8-16)13-21-11-5-6-18(14-21)20(3)4/h7-10,15,18-19H,5-6,11-14H2,1-4H3. The van der Waals surface area contributed by atoms with E-state index in [-0.39, 0.29) is 0 Å². The third-order valence-corrected chi connectivity index (χ3v) is 4.35. The molecule has 1 aliphatic rings. The van der Waals surface area contributed by atoms with Crippen LogP contribution in [0.4, 0.5) is 0 Å². The van der Waals surface area contributed by atoms with Crippen molar-refractivity contribution in [3.8, 4) is 0 Å². The fraction of sp³-hybridized carbons (Fsp3) is 0.667. The number of nitrogens with zero attached hydrogens (tertiary/aromatic N) is 2. The molecule has 0 aromatic heterocycles. The maximum absolute atomic E-state index is 3.46. The number of benzene rings is 1. The van der Waals surface area contributed by atoms with Crippen LogP contribution in [0.1, 0.15) is 37.8 Å². The van der Waals surface area contributed by atoms with Crippen LogP contribution in [0.2, 0.25) is 0 Å². The molecule has 1 N–H and O–H groups in total. The number of nitrogens with one attached hydrogen (secondary N) is 1. The van der Waals surface area contributed by atoms with Crippen LogP contribution in [-0.4, -0.2) is 49.1 Å². The van der Waals surface area contributed by atoms with Crippen LogP contribution in [0.25, 0.3) is 0 Å². The van der Waals surface area contributed by atoms with Crippen molar-refractivity contribution in [3.63, 3.8) is 0 Å². The number of hydrogen-bond donors (Lipinski definition) is 1. The normalized spacial score (nSPS) is 20.4. The third kappa shape index (κ3) is 5.42. The lowest BCUT2D eigenvalue weighted by Crippen LogP contribution is -2.44. The molecule has 118 valence electrons. The van der Waals surface area contributed by atoms with E-state index in [2.05, 4.69) is 67.3 Å². The second-order valence-corrected chi connectivity index (χ2v) is 6.85. The largest absolute Gasteiger partial charge is 0.310 e. The zero-order chi connectivity index (χ0) is 15.2. The first-order valence-electron chi connectivity index (χ1n) is 8.24. The van der Waals surface area contributed by atoms with Gasteiger partial charge in [-0.1, -0.05) is 38.1 Å².